The van der Waals surface area contributed by atoms with Crippen molar-refractivity contribution >= 4 is 40.5 Å². The molecule has 0 spiro atoms. The zero-order chi connectivity index (χ0) is 16.9. The fourth-order valence-electron chi connectivity index (χ4n) is 1.48. The molecule has 0 aliphatic carbocycles. The van der Waals surface area contributed by atoms with Crippen molar-refractivity contribution in [1.29, 1.82) is 0 Å². The Hall–Kier alpha value is -1.71. The van der Waals surface area contributed by atoms with Gasteiger partial charge in [0.15, 0.2) is 0 Å². The molecule has 0 aromatic carbocycles. The summed E-state index contributed by atoms with van der Waals surface area (Å²) in [7, 11) is 0. The van der Waals surface area contributed by atoms with E-state index in [1.807, 2.05) is 0 Å². The first kappa shape index (κ1) is 19.3. The van der Waals surface area contributed by atoms with Crippen molar-refractivity contribution in [2.45, 2.75) is 19.3 Å². The van der Waals surface area contributed by atoms with Crippen LogP contribution in [0.5, 0.6) is 0 Å². The number of aromatic nitrogens is 1. The summed E-state index contributed by atoms with van der Waals surface area (Å²) in [5, 5.41) is 0. The van der Waals surface area contributed by atoms with Gasteiger partial charge < -0.3 is 14.2 Å². The predicted molar refractivity (Wildman–Crippen MR) is 89.2 cm³/mol. The van der Waals surface area contributed by atoms with Crippen LogP contribution in [-0.4, -0.2) is 47.1 Å². The lowest BCUT2D eigenvalue weighted by atomic mass is 10.3. The predicted octanol–water partition coefficient (Wildman–Crippen LogP) is 1.93. The summed E-state index contributed by atoms with van der Waals surface area (Å²) in [6.45, 7) is 0.609. The Kier molecular flexibility index (Phi) is 9.92. The van der Waals surface area contributed by atoms with Crippen LogP contribution in [0.1, 0.15) is 29.6 Å². The number of hydrogen-bond acceptors (Lipinski definition) is 7. The van der Waals surface area contributed by atoms with E-state index in [0.29, 0.717) is 23.0 Å². The molecule has 0 saturated carbocycles. The molecule has 1 aromatic rings. The van der Waals surface area contributed by atoms with Gasteiger partial charge in [-0.25, -0.2) is 4.79 Å². The number of rotatable bonds is 10. The fourth-order valence-corrected chi connectivity index (χ4v) is 1.70. The summed E-state index contributed by atoms with van der Waals surface area (Å²) in [5.74, 6) is -1.36. The number of nitrogens with zero attached hydrogens (tertiary/aromatic N) is 1. The minimum atomic E-state index is -0.477. The van der Waals surface area contributed by atoms with Gasteiger partial charge in [0.05, 0.1) is 31.6 Å². The molecule has 0 atom stereocenters. The molecule has 23 heavy (non-hydrogen) atoms. The number of pyridine rings is 1. The van der Waals surface area contributed by atoms with E-state index in [2.05, 4.69) is 27.6 Å². The zero-order valence-corrected chi connectivity index (χ0v) is 14.7. The topological polar surface area (TPSA) is 91.8 Å². The molecule has 0 fully saturated rings. The zero-order valence-electron chi connectivity index (χ0n) is 12.5. The normalized spacial score (nSPS) is 9.96. The van der Waals surface area contributed by atoms with Crippen molar-refractivity contribution in [3.8, 4) is 0 Å². The highest BCUT2D eigenvalue weighted by atomic mass is 127. The summed E-state index contributed by atoms with van der Waals surface area (Å²) in [4.78, 5) is 38.0. The number of halogens is 1. The van der Waals surface area contributed by atoms with Gasteiger partial charge in [-0.15, -0.1) is 0 Å². The quantitative estimate of drug-likeness (QED) is 0.182. The van der Waals surface area contributed by atoms with Crippen molar-refractivity contribution in [3.63, 3.8) is 0 Å². The summed E-state index contributed by atoms with van der Waals surface area (Å²) in [6, 6.07) is 3.25. The number of esters is 3. The van der Waals surface area contributed by atoms with Crippen molar-refractivity contribution < 1.29 is 28.6 Å². The van der Waals surface area contributed by atoms with E-state index in [-0.39, 0.29) is 26.1 Å². The van der Waals surface area contributed by atoms with Gasteiger partial charge in [0.1, 0.15) is 6.61 Å². The molecule has 0 radical (unpaired) electrons. The average molecular weight is 435 g/mol. The molecule has 0 saturated heterocycles. The van der Waals surface area contributed by atoms with E-state index >= 15 is 0 Å². The first-order valence-corrected chi connectivity index (χ1v) is 8.60. The summed E-state index contributed by atoms with van der Waals surface area (Å²) >= 11 is 2.09. The summed E-state index contributed by atoms with van der Waals surface area (Å²) in [6.07, 6.45) is 3.35. The standard InChI is InChI=1S/C15H18INO6/c16-6-10-22-14(19)5-4-13(18)21-8-2-9-23-15(20)12-3-1-7-17-11-12/h1,3,7,11H,2,4-6,8-10H2. The van der Waals surface area contributed by atoms with E-state index in [1.165, 1.54) is 6.20 Å². The molecule has 7 nitrogen and oxygen atoms in total. The monoisotopic (exact) mass is 435 g/mol. The third kappa shape index (κ3) is 9.11. The molecule has 1 heterocycles. The first-order valence-electron chi connectivity index (χ1n) is 7.08. The van der Waals surface area contributed by atoms with Gasteiger partial charge in [-0.2, -0.15) is 0 Å². The van der Waals surface area contributed by atoms with Crippen LogP contribution >= 0.6 is 22.6 Å². The van der Waals surface area contributed by atoms with Crippen LogP contribution in [0.4, 0.5) is 0 Å². The second kappa shape index (κ2) is 11.8. The lowest BCUT2D eigenvalue weighted by molar-refractivity contribution is -0.150. The Labute approximate surface area is 147 Å². The van der Waals surface area contributed by atoms with Crippen molar-refractivity contribution in [3.05, 3.63) is 30.1 Å². The lowest BCUT2D eigenvalue weighted by Gasteiger charge is -2.06. The maximum absolute atomic E-state index is 11.6. The van der Waals surface area contributed by atoms with Gasteiger partial charge in [0.2, 0.25) is 0 Å². The number of hydrogen-bond donors (Lipinski definition) is 0. The third-order valence-electron chi connectivity index (χ3n) is 2.56. The Bertz CT molecular complexity index is 508. The van der Waals surface area contributed by atoms with Crippen LogP contribution in [0.25, 0.3) is 0 Å². The van der Waals surface area contributed by atoms with Gasteiger partial charge in [-0.05, 0) is 12.1 Å². The minimum Gasteiger partial charge on any atom is -0.466 e. The number of ether oxygens (including phenoxy) is 3. The molecule has 0 bridgehead atoms. The number of carbonyl (C=O) groups excluding carboxylic acids is 3. The van der Waals surface area contributed by atoms with Crippen LogP contribution in [0.15, 0.2) is 24.5 Å². The van der Waals surface area contributed by atoms with E-state index in [0.717, 1.165) is 0 Å². The molecule has 8 heteroatoms. The second-order valence-electron chi connectivity index (χ2n) is 4.36. The summed E-state index contributed by atoms with van der Waals surface area (Å²) in [5.41, 5.74) is 0.370. The number of alkyl halides is 1. The van der Waals surface area contributed by atoms with Crippen LogP contribution in [0, 0.1) is 0 Å². The van der Waals surface area contributed by atoms with Gasteiger partial charge in [0.25, 0.3) is 0 Å². The molecule has 1 aromatic heterocycles. The van der Waals surface area contributed by atoms with Crippen molar-refractivity contribution in [1.82, 2.24) is 4.98 Å². The molecule has 0 N–H and O–H groups in total. The maximum atomic E-state index is 11.6. The van der Waals surface area contributed by atoms with E-state index in [1.54, 1.807) is 18.3 Å². The highest BCUT2D eigenvalue weighted by molar-refractivity contribution is 14.1. The van der Waals surface area contributed by atoms with Crippen LogP contribution in [0.3, 0.4) is 0 Å². The minimum absolute atomic E-state index is 0.00542. The molecule has 1 rings (SSSR count). The highest BCUT2D eigenvalue weighted by Crippen LogP contribution is 2.01. The van der Waals surface area contributed by atoms with Gasteiger partial charge in [0, 0.05) is 23.2 Å². The Balaban J connectivity index is 2.05. The highest BCUT2D eigenvalue weighted by Gasteiger charge is 2.09. The third-order valence-corrected chi connectivity index (χ3v) is 3.00. The van der Waals surface area contributed by atoms with Crippen LogP contribution < -0.4 is 0 Å². The molecule has 0 unspecified atom stereocenters. The molecule has 0 aliphatic rings. The fraction of sp³-hybridized carbons (Fsp3) is 0.467. The van der Waals surface area contributed by atoms with E-state index in [9.17, 15) is 14.4 Å². The first-order chi connectivity index (χ1) is 11.1. The Morgan fingerprint density at radius 2 is 1.65 bits per heavy atom. The lowest BCUT2D eigenvalue weighted by Crippen LogP contribution is -2.13. The van der Waals surface area contributed by atoms with Gasteiger partial charge in [-0.3, -0.25) is 14.6 Å². The summed E-state index contributed by atoms with van der Waals surface area (Å²) < 4.78 is 15.5. The Morgan fingerprint density at radius 3 is 2.26 bits per heavy atom. The van der Waals surface area contributed by atoms with Crippen LogP contribution in [-0.2, 0) is 23.8 Å². The van der Waals surface area contributed by atoms with Crippen molar-refractivity contribution in [2.75, 3.05) is 24.2 Å². The molecular weight excluding hydrogens is 417 g/mol. The molecular formula is C15H18INO6. The second-order valence-corrected chi connectivity index (χ2v) is 5.44. The smallest absolute Gasteiger partial charge is 0.339 e. The van der Waals surface area contributed by atoms with Gasteiger partial charge >= 0.3 is 17.9 Å². The largest absolute Gasteiger partial charge is 0.466 e. The van der Waals surface area contributed by atoms with Crippen molar-refractivity contribution in [2.24, 2.45) is 0 Å². The van der Waals surface area contributed by atoms with E-state index in [4.69, 9.17) is 14.2 Å². The van der Waals surface area contributed by atoms with Gasteiger partial charge in [-0.1, -0.05) is 22.6 Å². The molecule has 0 aliphatic heterocycles. The number of carbonyl (C=O) groups is 3. The SMILES string of the molecule is O=C(CCC(=O)OCCCOC(=O)c1cccnc1)OCCI. The Morgan fingerprint density at radius 1 is 1.00 bits per heavy atom. The van der Waals surface area contributed by atoms with E-state index < -0.39 is 17.9 Å². The average Bonchev–Trinajstić information content (AvgIpc) is 2.58. The maximum Gasteiger partial charge on any atom is 0.339 e. The molecule has 0 amide bonds. The van der Waals surface area contributed by atoms with Crippen LogP contribution in [0.2, 0.25) is 0 Å². The molecule has 126 valence electrons.